The van der Waals surface area contributed by atoms with E-state index in [-0.39, 0.29) is 16.9 Å². The van der Waals surface area contributed by atoms with Crippen LogP contribution in [-0.2, 0) is 4.79 Å². The molecule has 0 atom stereocenters. The lowest BCUT2D eigenvalue weighted by Gasteiger charge is -2.28. The van der Waals surface area contributed by atoms with E-state index < -0.39 is 24.4 Å². The Labute approximate surface area is 130 Å². The molecule has 116 valence electrons. The van der Waals surface area contributed by atoms with Crippen molar-refractivity contribution in [1.29, 1.82) is 0 Å². The van der Waals surface area contributed by atoms with Crippen LogP contribution in [-0.4, -0.2) is 49.7 Å². The highest BCUT2D eigenvalue weighted by atomic mass is 16.2. The number of Topliss-reactive ketones (excluding diaryl/α,β-unsaturated/α-hetero) is 1. The van der Waals surface area contributed by atoms with Crippen LogP contribution in [0.1, 0.15) is 27.6 Å². The van der Waals surface area contributed by atoms with E-state index in [9.17, 15) is 19.2 Å². The number of nitrogens with zero attached hydrogens (tertiary/aromatic N) is 4. The highest BCUT2D eigenvalue weighted by Gasteiger charge is 2.41. The van der Waals surface area contributed by atoms with Crippen molar-refractivity contribution < 1.29 is 19.2 Å². The number of hydrazine groups is 1. The maximum atomic E-state index is 12.5. The predicted octanol–water partition coefficient (Wildman–Crippen LogP) is 0.953. The topological polar surface area (TPSA) is 92.6 Å². The summed E-state index contributed by atoms with van der Waals surface area (Å²) < 4.78 is 1.09. The normalized spacial score (nSPS) is 13.2. The number of carbonyl (C=O) groups is 4. The number of amides is 3. The molecule has 0 radical (unpaired) electrons. The maximum absolute atomic E-state index is 12.5. The standard InChI is InChI=1S/C15H12N4O4/c1-10(20)8-18(15(23)17-7-6-16-9-17)19-13(21)11-4-2-3-5-12(11)14(19)22/h2-7,9H,8H2,1H3. The van der Waals surface area contributed by atoms with E-state index in [1.807, 2.05) is 0 Å². The average Bonchev–Trinajstić information content (AvgIpc) is 3.14. The fourth-order valence-electron chi connectivity index (χ4n) is 2.34. The summed E-state index contributed by atoms with van der Waals surface area (Å²) in [4.78, 5) is 52.7. The SMILES string of the molecule is CC(=O)CN(C(=O)n1ccnc1)N1C(=O)c2ccccc2C1=O. The van der Waals surface area contributed by atoms with Crippen LogP contribution >= 0.6 is 0 Å². The second-order valence-corrected chi connectivity index (χ2v) is 4.98. The second-order valence-electron chi connectivity index (χ2n) is 4.98. The molecular formula is C15H12N4O4. The van der Waals surface area contributed by atoms with Crippen LogP contribution in [0.5, 0.6) is 0 Å². The minimum atomic E-state index is -0.716. The highest BCUT2D eigenvalue weighted by molar-refractivity contribution is 6.21. The molecule has 1 aromatic heterocycles. The van der Waals surface area contributed by atoms with E-state index in [1.165, 1.54) is 37.8 Å². The lowest BCUT2D eigenvalue weighted by Crippen LogP contribution is -2.52. The number of aromatic nitrogens is 2. The highest BCUT2D eigenvalue weighted by Crippen LogP contribution is 2.24. The zero-order valence-electron chi connectivity index (χ0n) is 12.2. The molecule has 0 saturated carbocycles. The number of fused-ring (bicyclic) bond motifs is 1. The van der Waals surface area contributed by atoms with Gasteiger partial charge in [0.15, 0.2) is 5.78 Å². The van der Waals surface area contributed by atoms with Crippen molar-refractivity contribution in [3.63, 3.8) is 0 Å². The molecule has 0 spiro atoms. The van der Waals surface area contributed by atoms with Crippen LogP contribution in [0.25, 0.3) is 0 Å². The lowest BCUT2D eigenvalue weighted by molar-refractivity contribution is -0.119. The van der Waals surface area contributed by atoms with Crippen LogP contribution in [0.2, 0.25) is 0 Å². The first kappa shape index (κ1) is 14.6. The zero-order valence-corrected chi connectivity index (χ0v) is 12.2. The summed E-state index contributed by atoms with van der Waals surface area (Å²) in [5, 5.41) is 1.53. The summed E-state index contributed by atoms with van der Waals surface area (Å²) >= 11 is 0. The van der Waals surface area contributed by atoms with E-state index in [2.05, 4.69) is 4.98 Å². The number of benzene rings is 1. The minimum Gasteiger partial charge on any atom is -0.298 e. The van der Waals surface area contributed by atoms with Crippen LogP contribution < -0.4 is 0 Å². The molecule has 23 heavy (non-hydrogen) atoms. The Kier molecular flexibility index (Phi) is 3.49. The van der Waals surface area contributed by atoms with Crippen molar-refractivity contribution in [2.75, 3.05) is 6.54 Å². The molecule has 0 bridgehead atoms. The summed E-state index contributed by atoms with van der Waals surface area (Å²) in [6, 6.07) is 5.54. The van der Waals surface area contributed by atoms with Gasteiger partial charge < -0.3 is 0 Å². The number of imide groups is 1. The van der Waals surface area contributed by atoms with Crippen LogP contribution in [0.3, 0.4) is 0 Å². The predicted molar refractivity (Wildman–Crippen MR) is 77.4 cm³/mol. The van der Waals surface area contributed by atoms with Gasteiger partial charge >= 0.3 is 6.03 Å². The van der Waals surface area contributed by atoms with Crippen LogP contribution in [0, 0.1) is 0 Å². The average molecular weight is 312 g/mol. The molecule has 0 N–H and O–H groups in total. The molecule has 8 heteroatoms. The van der Waals surface area contributed by atoms with Crippen molar-refractivity contribution >= 4 is 23.6 Å². The summed E-state index contributed by atoms with van der Waals surface area (Å²) in [6.45, 7) is 0.870. The molecule has 1 aromatic carbocycles. The Morgan fingerprint density at radius 2 is 1.74 bits per heavy atom. The van der Waals surface area contributed by atoms with Gasteiger partial charge in [0.25, 0.3) is 11.8 Å². The quantitative estimate of drug-likeness (QED) is 0.787. The molecule has 2 aromatic rings. The third kappa shape index (κ3) is 2.39. The van der Waals surface area contributed by atoms with Gasteiger partial charge in [0.2, 0.25) is 0 Å². The van der Waals surface area contributed by atoms with Gasteiger partial charge in [-0.15, -0.1) is 0 Å². The fraction of sp³-hybridized carbons (Fsp3) is 0.133. The molecule has 0 fully saturated rings. The first-order chi connectivity index (χ1) is 11.0. The Morgan fingerprint density at radius 1 is 1.13 bits per heavy atom. The zero-order chi connectivity index (χ0) is 16.6. The molecule has 3 rings (SSSR count). The number of hydrogen-bond acceptors (Lipinski definition) is 5. The van der Waals surface area contributed by atoms with E-state index in [4.69, 9.17) is 0 Å². The summed E-state index contributed by atoms with van der Waals surface area (Å²) in [5.74, 6) is -1.64. The Bertz CT molecular complexity index is 778. The minimum absolute atomic E-state index is 0.199. The van der Waals surface area contributed by atoms with Crippen molar-refractivity contribution in [3.8, 4) is 0 Å². The number of hydrogen-bond donors (Lipinski definition) is 0. The fourth-order valence-corrected chi connectivity index (χ4v) is 2.34. The number of carbonyl (C=O) groups excluding carboxylic acids is 4. The second kappa shape index (κ2) is 5.48. The van der Waals surface area contributed by atoms with Crippen LogP contribution in [0.4, 0.5) is 4.79 Å². The van der Waals surface area contributed by atoms with Gasteiger partial charge in [0.05, 0.1) is 11.1 Å². The summed E-state index contributed by atoms with van der Waals surface area (Å²) in [5.41, 5.74) is 0.397. The van der Waals surface area contributed by atoms with E-state index in [0.29, 0.717) is 5.01 Å². The van der Waals surface area contributed by atoms with Gasteiger partial charge in [-0.3, -0.25) is 19.0 Å². The molecule has 1 aliphatic rings. The number of rotatable bonds is 3. The molecule has 3 amide bonds. The smallest absolute Gasteiger partial charge is 0.298 e. The van der Waals surface area contributed by atoms with Crippen molar-refractivity contribution in [1.82, 2.24) is 19.6 Å². The Hall–Kier alpha value is -3.29. The molecular weight excluding hydrogens is 300 g/mol. The first-order valence-electron chi connectivity index (χ1n) is 6.77. The summed E-state index contributed by atoms with van der Waals surface area (Å²) in [7, 11) is 0. The van der Waals surface area contributed by atoms with E-state index in [1.54, 1.807) is 12.1 Å². The van der Waals surface area contributed by atoms with Crippen LogP contribution in [0.15, 0.2) is 43.0 Å². The van der Waals surface area contributed by atoms with Gasteiger partial charge in [-0.1, -0.05) is 12.1 Å². The van der Waals surface area contributed by atoms with Crippen molar-refractivity contribution in [3.05, 3.63) is 54.1 Å². The number of ketones is 1. The van der Waals surface area contributed by atoms with Gasteiger partial charge in [-0.2, -0.15) is 5.01 Å². The molecule has 0 unspecified atom stereocenters. The summed E-state index contributed by atoms with van der Waals surface area (Å²) in [6.07, 6.45) is 3.98. The number of imidazole rings is 1. The van der Waals surface area contributed by atoms with E-state index >= 15 is 0 Å². The van der Waals surface area contributed by atoms with Crippen molar-refractivity contribution in [2.45, 2.75) is 6.92 Å². The van der Waals surface area contributed by atoms with Crippen molar-refractivity contribution in [2.24, 2.45) is 0 Å². The maximum Gasteiger partial charge on any atom is 0.349 e. The first-order valence-corrected chi connectivity index (χ1v) is 6.77. The Balaban J connectivity index is 2.01. The van der Waals surface area contributed by atoms with Gasteiger partial charge in [0, 0.05) is 12.4 Å². The lowest BCUT2D eigenvalue weighted by atomic mass is 10.1. The van der Waals surface area contributed by atoms with E-state index in [0.717, 1.165) is 9.58 Å². The molecule has 1 aliphatic heterocycles. The molecule has 8 nitrogen and oxygen atoms in total. The Morgan fingerprint density at radius 3 is 2.22 bits per heavy atom. The molecule has 0 saturated heterocycles. The largest absolute Gasteiger partial charge is 0.349 e. The van der Waals surface area contributed by atoms with Gasteiger partial charge in [0.1, 0.15) is 12.9 Å². The van der Waals surface area contributed by atoms with Gasteiger partial charge in [-0.25, -0.2) is 14.8 Å². The monoisotopic (exact) mass is 312 g/mol. The molecule has 0 aliphatic carbocycles. The third-order valence-electron chi connectivity index (χ3n) is 3.33. The molecule has 2 heterocycles. The van der Waals surface area contributed by atoms with Gasteiger partial charge in [-0.05, 0) is 19.1 Å². The third-order valence-corrected chi connectivity index (χ3v) is 3.33.